The molecule has 5 heteroatoms. The van der Waals surface area contributed by atoms with Gasteiger partial charge in [-0.3, -0.25) is 9.89 Å². The van der Waals surface area contributed by atoms with Crippen LogP contribution in [0.4, 0.5) is 0 Å². The summed E-state index contributed by atoms with van der Waals surface area (Å²) in [5.41, 5.74) is 2.65. The van der Waals surface area contributed by atoms with Gasteiger partial charge in [0, 0.05) is 32.1 Å². The molecule has 5 rings (SSSR count). The van der Waals surface area contributed by atoms with Crippen molar-refractivity contribution in [1.82, 2.24) is 9.80 Å². The number of allylic oxidation sites excluding steroid dienone is 3. The average molecular weight is 472 g/mol. The Hall–Kier alpha value is -3.05. The van der Waals surface area contributed by atoms with E-state index < -0.39 is 0 Å². The Morgan fingerprint density at radius 2 is 1.91 bits per heavy atom. The molecule has 0 N–H and O–H groups in total. The third-order valence-corrected chi connectivity index (χ3v) is 7.14. The van der Waals surface area contributed by atoms with Gasteiger partial charge in [-0.05, 0) is 42.5 Å². The van der Waals surface area contributed by atoms with Crippen molar-refractivity contribution in [3.63, 3.8) is 0 Å². The molecule has 0 aromatic heterocycles. The smallest absolute Gasteiger partial charge is 0.231 e. The van der Waals surface area contributed by atoms with Gasteiger partial charge >= 0.3 is 0 Å². The highest BCUT2D eigenvalue weighted by molar-refractivity contribution is 5.88. The first kappa shape index (κ1) is 23.7. The van der Waals surface area contributed by atoms with E-state index in [4.69, 9.17) is 14.5 Å². The highest BCUT2D eigenvalue weighted by Crippen LogP contribution is 2.33. The van der Waals surface area contributed by atoms with Gasteiger partial charge in [-0.25, -0.2) is 0 Å². The zero-order valence-electron chi connectivity index (χ0n) is 20.8. The first-order valence-corrected chi connectivity index (χ1v) is 13.1. The lowest BCUT2D eigenvalue weighted by molar-refractivity contribution is 0.173. The first-order chi connectivity index (χ1) is 17.3. The fourth-order valence-corrected chi connectivity index (χ4v) is 5.22. The SMILES string of the molecule is CCCCN1C(C2C=CC=CC2)=NCC1CN(CCc1ccccc1)Cc1ccc2c(c1)OCO2. The molecule has 1 aliphatic carbocycles. The van der Waals surface area contributed by atoms with Crippen LogP contribution in [0.2, 0.25) is 0 Å². The van der Waals surface area contributed by atoms with Gasteiger partial charge in [0.1, 0.15) is 5.84 Å². The minimum Gasteiger partial charge on any atom is -0.454 e. The Kier molecular flexibility index (Phi) is 7.84. The van der Waals surface area contributed by atoms with Crippen LogP contribution >= 0.6 is 0 Å². The van der Waals surface area contributed by atoms with Crippen molar-refractivity contribution in [3.05, 3.63) is 84.0 Å². The van der Waals surface area contributed by atoms with E-state index in [0.29, 0.717) is 18.8 Å². The lowest BCUT2D eigenvalue weighted by atomic mass is 9.98. The molecule has 0 radical (unpaired) electrons. The molecule has 0 saturated carbocycles. The number of rotatable bonds is 11. The Morgan fingerprint density at radius 3 is 2.74 bits per heavy atom. The Labute approximate surface area is 209 Å². The topological polar surface area (TPSA) is 37.3 Å². The van der Waals surface area contributed by atoms with Crippen LogP contribution in [0.5, 0.6) is 11.5 Å². The second-order valence-electron chi connectivity index (χ2n) is 9.71. The molecule has 0 amide bonds. The number of hydrogen-bond acceptors (Lipinski definition) is 5. The zero-order valence-corrected chi connectivity index (χ0v) is 20.8. The molecule has 2 aliphatic heterocycles. The number of amidine groups is 1. The van der Waals surface area contributed by atoms with Crippen LogP contribution in [0.15, 0.2) is 77.8 Å². The summed E-state index contributed by atoms with van der Waals surface area (Å²) in [4.78, 5) is 10.3. The summed E-state index contributed by atoms with van der Waals surface area (Å²) in [6, 6.07) is 17.6. The van der Waals surface area contributed by atoms with E-state index in [1.165, 1.54) is 29.8 Å². The predicted octanol–water partition coefficient (Wildman–Crippen LogP) is 5.48. The highest BCUT2D eigenvalue weighted by atomic mass is 16.7. The molecule has 0 saturated heterocycles. The molecule has 0 fully saturated rings. The third-order valence-electron chi connectivity index (χ3n) is 7.14. The van der Waals surface area contributed by atoms with Crippen LogP contribution < -0.4 is 9.47 Å². The van der Waals surface area contributed by atoms with Crippen molar-refractivity contribution in [2.75, 3.05) is 33.0 Å². The summed E-state index contributed by atoms with van der Waals surface area (Å²) in [5.74, 6) is 3.40. The molecule has 2 aromatic rings. The molecule has 0 spiro atoms. The van der Waals surface area contributed by atoms with Crippen LogP contribution in [0.25, 0.3) is 0 Å². The summed E-state index contributed by atoms with van der Waals surface area (Å²) in [6.45, 7) is 7.47. The largest absolute Gasteiger partial charge is 0.454 e. The minimum absolute atomic E-state index is 0.315. The molecule has 2 heterocycles. The molecular formula is C30H37N3O2. The van der Waals surface area contributed by atoms with Crippen molar-refractivity contribution in [1.29, 1.82) is 0 Å². The van der Waals surface area contributed by atoms with Crippen LogP contribution in [-0.4, -0.2) is 54.6 Å². The van der Waals surface area contributed by atoms with E-state index in [-0.39, 0.29) is 0 Å². The quantitative estimate of drug-likeness (QED) is 0.435. The molecule has 3 aliphatic rings. The van der Waals surface area contributed by atoms with E-state index in [2.05, 4.69) is 83.5 Å². The van der Waals surface area contributed by atoms with Crippen LogP contribution in [-0.2, 0) is 13.0 Å². The maximum atomic E-state index is 5.65. The van der Waals surface area contributed by atoms with Crippen LogP contribution in [0.1, 0.15) is 37.3 Å². The summed E-state index contributed by atoms with van der Waals surface area (Å²) in [6.07, 6.45) is 13.4. The van der Waals surface area contributed by atoms with Gasteiger partial charge in [-0.1, -0.05) is 74.0 Å². The number of aliphatic imine (C=N–C) groups is 1. The predicted molar refractivity (Wildman–Crippen MR) is 142 cm³/mol. The molecule has 5 nitrogen and oxygen atoms in total. The lowest BCUT2D eigenvalue weighted by Gasteiger charge is -2.34. The summed E-state index contributed by atoms with van der Waals surface area (Å²) < 4.78 is 11.2. The van der Waals surface area contributed by atoms with Gasteiger partial charge in [0.15, 0.2) is 11.5 Å². The number of hydrogen-bond donors (Lipinski definition) is 0. The average Bonchev–Trinajstić information content (AvgIpc) is 3.53. The van der Waals surface area contributed by atoms with Gasteiger partial charge in [-0.15, -0.1) is 0 Å². The monoisotopic (exact) mass is 471 g/mol. The van der Waals surface area contributed by atoms with Gasteiger partial charge in [0.25, 0.3) is 0 Å². The van der Waals surface area contributed by atoms with Gasteiger partial charge < -0.3 is 14.4 Å². The van der Waals surface area contributed by atoms with E-state index in [1.807, 2.05) is 6.07 Å². The normalized spacial score (nSPS) is 20.6. The molecule has 35 heavy (non-hydrogen) atoms. The van der Waals surface area contributed by atoms with Crippen molar-refractivity contribution in [2.45, 2.75) is 45.2 Å². The van der Waals surface area contributed by atoms with Gasteiger partial charge in [0.05, 0.1) is 12.6 Å². The van der Waals surface area contributed by atoms with E-state index in [1.54, 1.807) is 0 Å². The number of fused-ring (bicyclic) bond motifs is 1. The number of ether oxygens (including phenoxy) is 2. The summed E-state index contributed by atoms with van der Waals surface area (Å²) in [7, 11) is 0. The molecular weight excluding hydrogens is 434 g/mol. The Morgan fingerprint density at radius 1 is 1.03 bits per heavy atom. The molecule has 184 valence electrons. The molecule has 0 bridgehead atoms. The second-order valence-corrected chi connectivity index (χ2v) is 9.71. The summed E-state index contributed by atoms with van der Waals surface area (Å²) >= 11 is 0. The Balaban J connectivity index is 1.31. The molecule has 2 atom stereocenters. The fraction of sp³-hybridized carbons (Fsp3) is 0.433. The number of benzene rings is 2. The number of nitrogens with zero attached hydrogens (tertiary/aromatic N) is 3. The van der Waals surface area contributed by atoms with Gasteiger partial charge in [-0.2, -0.15) is 0 Å². The maximum absolute atomic E-state index is 5.65. The Bertz CT molecular complexity index is 1060. The highest BCUT2D eigenvalue weighted by Gasteiger charge is 2.32. The van der Waals surface area contributed by atoms with Crippen LogP contribution in [0, 0.1) is 5.92 Å². The number of unbranched alkanes of at least 4 members (excludes halogenated alkanes) is 1. The maximum Gasteiger partial charge on any atom is 0.231 e. The van der Waals surface area contributed by atoms with Crippen LogP contribution in [0.3, 0.4) is 0 Å². The van der Waals surface area contributed by atoms with Crippen molar-refractivity contribution in [3.8, 4) is 11.5 Å². The second kappa shape index (κ2) is 11.6. The molecule has 2 unspecified atom stereocenters. The molecule has 2 aromatic carbocycles. The third kappa shape index (κ3) is 5.96. The first-order valence-electron chi connectivity index (χ1n) is 13.1. The summed E-state index contributed by atoms with van der Waals surface area (Å²) in [5, 5.41) is 0. The van der Waals surface area contributed by atoms with E-state index in [0.717, 1.165) is 57.1 Å². The minimum atomic E-state index is 0.315. The fourth-order valence-electron chi connectivity index (χ4n) is 5.22. The van der Waals surface area contributed by atoms with E-state index in [9.17, 15) is 0 Å². The standard InChI is InChI=1S/C30H37N3O2/c1-2-3-17-33-27(20-31-30(33)26-12-8-5-9-13-26)22-32(18-16-24-10-6-4-7-11-24)21-25-14-15-28-29(19-25)35-23-34-28/h4-12,14-15,19,26-27H,2-3,13,16-18,20-23H2,1H3. The van der Waals surface area contributed by atoms with Crippen molar-refractivity contribution >= 4 is 5.84 Å². The van der Waals surface area contributed by atoms with Gasteiger partial charge in [0.2, 0.25) is 6.79 Å². The van der Waals surface area contributed by atoms with Crippen molar-refractivity contribution in [2.24, 2.45) is 10.9 Å². The van der Waals surface area contributed by atoms with E-state index >= 15 is 0 Å². The lowest BCUT2D eigenvalue weighted by Crippen LogP contribution is -2.46. The zero-order chi connectivity index (χ0) is 23.9. The van der Waals surface area contributed by atoms with Crippen molar-refractivity contribution < 1.29 is 9.47 Å².